The van der Waals surface area contributed by atoms with Crippen molar-refractivity contribution in [2.75, 3.05) is 7.05 Å². The van der Waals surface area contributed by atoms with Crippen LogP contribution < -0.4 is 0 Å². The third kappa shape index (κ3) is 4.03. The SMILES string of the molecule is CN=C(/C=C(\C)Cl)C(F)(F)F. The number of aliphatic imine (C=N–C) groups is 1. The lowest BCUT2D eigenvalue weighted by atomic mass is 10.3. The van der Waals surface area contributed by atoms with E-state index in [9.17, 15) is 13.2 Å². The van der Waals surface area contributed by atoms with Crippen molar-refractivity contribution in [3.63, 3.8) is 0 Å². The first kappa shape index (κ1) is 10.5. The molecule has 0 aliphatic rings. The quantitative estimate of drug-likeness (QED) is 0.557. The molecule has 1 nitrogen and oxygen atoms in total. The van der Waals surface area contributed by atoms with Crippen LogP contribution in [0.4, 0.5) is 13.2 Å². The van der Waals surface area contributed by atoms with E-state index in [1.807, 2.05) is 0 Å². The van der Waals surface area contributed by atoms with E-state index in [1.165, 1.54) is 6.92 Å². The summed E-state index contributed by atoms with van der Waals surface area (Å²) >= 11 is 5.24. The third-order valence-electron chi connectivity index (χ3n) is 0.867. The molecule has 0 heterocycles. The van der Waals surface area contributed by atoms with Crippen LogP contribution in [-0.4, -0.2) is 18.9 Å². The number of alkyl halides is 3. The maximum Gasteiger partial charge on any atom is 0.432 e. The van der Waals surface area contributed by atoms with Crippen molar-refractivity contribution in [2.24, 2.45) is 4.99 Å². The Labute approximate surface area is 67.6 Å². The van der Waals surface area contributed by atoms with E-state index in [-0.39, 0.29) is 5.03 Å². The van der Waals surface area contributed by atoms with Crippen molar-refractivity contribution in [1.29, 1.82) is 0 Å². The Hall–Kier alpha value is -0.510. The maximum atomic E-state index is 11.8. The molecule has 0 N–H and O–H groups in total. The van der Waals surface area contributed by atoms with Crippen molar-refractivity contribution >= 4 is 17.3 Å². The largest absolute Gasteiger partial charge is 0.432 e. The van der Waals surface area contributed by atoms with Crippen LogP contribution in [0.3, 0.4) is 0 Å². The molecule has 0 saturated heterocycles. The monoisotopic (exact) mass is 185 g/mol. The molecule has 0 radical (unpaired) electrons. The molecule has 0 bridgehead atoms. The standard InChI is InChI=1S/C6H7ClF3N/c1-4(7)3-5(11-2)6(8,9)10/h3H,1-2H3/b4-3+,11-5?. The summed E-state index contributed by atoms with van der Waals surface area (Å²) in [5, 5.41) is 0.0583. The van der Waals surface area contributed by atoms with E-state index in [1.54, 1.807) is 0 Å². The number of nitrogens with zero attached hydrogens (tertiary/aromatic N) is 1. The minimum absolute atomic E-state index is 0.0583. The summed E-state index contributed by atoms with van der Waals surface area (Å²) in [6.45, 7) is 1.36. The zero-order valence-electron chi connectivity index (χ0n) is 6.04. The van der Waals surface area contributed by atoms with Crippen LogP contribution in [0.25, 0.3) is 0 Å². The summed E-state index contributed by atoms with van der Waals surface area (Å²) in [6.07, 6.45) is -3.63. The van der Waals surface area contributed by atoms with E-state index >= 15 is 0 Å². The second-order valence-electron chi connectivity index (χ2n) is 1.84. The fraction of sp³-hybridized carbons (Fsp3) is 0.500. The van der Waals surface area contributed by atoms with Crippen molar-refractivity contribution in [3.05, 3.63) is 11.1 Å². The van der Waals surface area contributed by atoms with Gasteiger partial charge in [-0.2, -0.15) is 13.2 Å². The first-order valence-corrected chi connectivity index (χ1v) is 3.13. The van der Waals surface area contributed by atoms with Gasteiger partial charge < -0.3 is 0 Å². The molecule has 0 saturated carbocycles. The van der Waals surface area contributed by atoms with Gasteiger partial charge in [0.1, 0.15) is 5.71 Å². The number of hydrogen-bond acceptors (Lipinski definition) is 1. The molecule has 11 heavy (non-hydrogen) atoms. The van der Waals surface area contributed by atoms with Crippen LogP contribution in [0.15, 0.2) is 16.1 Å². The Balaban J connectivity index is 4.60. The molecule has 0 aromatic carbocycles. The van der Waals surface area contributed by atoms with Crippen LogP contribution in [0.1, 0.15) is 6.92 Å². The zero-order valence-corrected chi connectivity index (χ0v) is 6.79. The van der Waals surface area contributed by atoms with Gasteiger partial charge in [-0.05, 0) is 13.0 Å². The molecule has 0 aliphatic heterocycles. The number of rotatable bonds is 1. The Morgan fingerprint density at radius 1 is 1.45 bits per heavy atom. The van der Waals surface area contributed by atoms with Gasteiger partial charge in [-0.25, -0.2) is 0 Å². The molecule has 0 amide bonds. The molecule has 0 unspecified atom stereocenters. The number of allylic oxidation sites excluding steroid dienone is 2. The average molecular weight is 186 g/mol. The van der Waals surface area contributed by atoms with Gasteiger partial charge >= 0.3 is 6.18 Å². The fourth-order valence-corrected chi connectivity index (χ4v) is 0.565. The zero-order chi connectivity index (χ0) is 9.07. The lowest BCUT2D eigenvalue weighted by molar-refractivity contribution is -0.0577. The second kappa shape index (κ2) is 3.76. The van der Waals surface area contributed by atoms with E-state index in [4.69, 9.17) is 11.6 Å². The lowest BCUT2D eigenvalue weighted by Crippen LogP contribution is -2.20. The Kier molecular flexibility index (Phi) is 3.58. The van der Waals surface area contributed by atoms with E-state index in [2.05, 4.69) is 4.99 Å². The molecular weight excluding hydrogens is 179 g/mol. The number of hydrogen-bond donors (Lipinski definition) is 0. The average Bonchev–Trinajstić information content (AvgIpc) is 1.79. The summed E-state index contributed by atoms with van der Waals surface area (Å²) in [5.41, 5.74) is -0.968. The van der Waals surface area contributed by atoms with E-state index in [0.717, 1.165) is 13.1 Å². The third-order valence-corrected chi connectivity index (χ3v) is 0.976. The second-order valence-corrected chi connectivity index (χ2v) is 2.43. The minimum Gasteiger partial charge on any atom is -0.284 e. The summed E-state index contributed by atoms with van der Waals surface area (Å²) in [4.78, 5) is 3.03. The molecule has 5 heteroatoms. The highest BCUT2D eigenvalue weighted by Crippen LogP contribution is 2.19. The van der Waals surface area contributed by atoms with Gasteiger partial charge in [0.15, 0.2) is 0 Å². The van der Waals surface area contributed by atoms with Gasteiger partial charge in [-0.3, -0.25) is 4.99 Å². The smallest absolute Gasteiger partial charge is 0.284 e. The highest BCUT2D eigenvalue weighted by molar-refractivity contribution is 6.31. The highest BCUT2D eigenvalue weighted by atomic mass is 35.5. The van der Waals surface area contributed by atoms with Crippen LogP contribution in [-0.2, 0) is 0 Å². The van der Waals surface area contributed by atoms with Crippen molar-refractivity contribution in [3.8, 4) is 0 Å². The topological polar surface area (TPSA) is 12.4 Å². The summed E-state index contributed by atoms with van der Waals surface area (Å²) in [7, 11) is 1.07. The molecule has 0 rings (SSSR count). The van der Waals surface area contributed by atoms with E-state index < -0.39 is 11.9 Å². The Morgan fingerprint density at radius 2 is 1.91 bits per heavy atom. The van der Waals surface area contributed by atoms with E-state index in [0.29, 0.717) is 0 Å². The molecule has 0 atom stereocenters. The van der Waals surface area contributed by atoms with Gasteiger partial charge in [0.2, 0.25) is 0 Å². The van der Waals surface area contributed by atoms with Crippen LogP contribution in [0.2, 0.25) is 0 Å². The van der Waals surface area contributed by atoms with Crippen molar-refractivity contribution in [1.82, 2.24) is 0 Å². The van der Waals surface area contributed by atoms with Gasteiger partial charge in [0, 0.05) is 12.1 Å². The van der Waals surface area contributed by atoms with Gasteiger partial charge in [-0.15, -0.1) is 0 Å². The predicted octanol–water partition coefficient (Wildman–Crippen LogP) is 2.76. The highest BCUT2D eigenvalue weighted by Gasteiger charge is 2.33. The normalized spacial score (nSPS) is 15.5. The minimum atomic E-state index is -4.41. The molecule has 0 aliphatic carbocycles. The summed E-state index contributed by atoms with van der Waals surface area (Å²) in [5.74, 6) is 0. The molecule has 0 aromatic rings. The molecule has 64 valence electrons. The summed E-state index contributed by atoms with van der Waals surface area (Å²) < 4.78 is 35.5. The Morgan fingerprint density at radius 3 is 2.00 bits per heavy atom. The fourth-order valence-electron chi connectivity index (χ4n) is 0.462. The molecule has 0 spiro atoms. The molecule has 0 fully saturated rings. The van der Waals surface area contributed by atoms with Crippen molar-refractivity contribution in [2.45, 2.75) is 13.1 Å². The van der Waals surface area contributed by atoms with Gasteiger partial charge in [0.25, 0.3) is 0 Å². The van der Waals surface area contributed by atoms with Crippen LogP contribution in [0.5, 0.6) is 0 Å². The Bertz CT molecular complexity index is 188. The van der Waals surface area contributed by atoms with Gasteiger partial charge in [0.05, 0.1) is 0 Å². The first-order chi connectivity index (χ1) is 4.88. The summed E-state index contributed by atoms with van der Waals surface area (Å²) in [6, 6.07) is 0. The van der Waals surface area contributed by atoms with Crippen LogP contribution >= 0.6 is 11.6 Å². The number of halogens is 4. The lowest BCUT2D eigenvalue weighted by Gasteiger charge is -2.04. The van der Waals surface area contributed by atoms with Crippen molar-refractivity contribution < 1.29 is 13.2 Å². The first-order valence-electron chi connectivity index (χ1n) is 2.75. The maximum absolute atomic E-state index is 11.8. The molecular formula is C6H7ClF3N. The van der Waals surface area contributed by atoms with Crippen LogP contribution in [0, 0.1) is 0 Å². The van der Waals surface area contributed by atoms with Gasteiger partial charge in [-0.1, -0.05) is 11.6 Å². The predicted molar refractivity (Wildman–Crippen MR) is 39.0 cm³/mol. The molecule has 0 aromatic heterocycles.